The summed E-state index contributed by atoms with van der Waals surface area (Å²) >= 11 is 0. The van der Waals surface area contributed by atoms with Crippen LogP contribution in [-0.4, -0.2) is 13.1 Å². The van der Waals surface area contributed by atoms with Crippen molar-refractivity contribution in [2.75, 3.05) is 12.4 Å². The largest absolute Gasteiger partial charge is 0.380 e. The number of aliphatic imine (C=N–C) groups is 1. The van der Waals surface area contributed by atoms with E-state index in [1.54, 1.807) is 7.11 Å². The monoisotopic (exact) mass is 269 g/mol. The van der Waals surface area contributed by atoms with Gasteiger partial charge in [-0.15, -0.1) is 0 Å². The highest BCUT2D eigenvalue weighted by Crippen LogP contribution is 2.08. The first-order valence-corrected chi connectivity index (χ1v) is 6.46. The van der Waals surface area contributed by atoms with Crippen LogP contribution in [0.2, 0.25) is 0 Å². The number of anilines is 1. The van der Waals surface area contributed by atoms with Crippen LogP contribution < -0.4 is 11.1 Å². The summed E-state index contributed by atoms with van der Waals surface area (Å²) in [5, 5.41) is 3.05. The highest BCUT2D eigenvalue weighted by Gasteiger charge is 1.97. The summed E-state index contributed by atoms with van der Waals surface area (Å²) in [6.07, 6.45) is 0. The average molecular weight is 269 g/mol. The lowest BCUT2D eigenvalue weighted by Crippen LogP contribution is -2.22. The number of benzene rings is 2. The molecule has 3 N–H and O–H groups in total. The molecule has 0 aliphatic rings. The Morgan fingerprint density at radius 2 is 1.85 bits per heavy atom. The van der Waals surface area contributed by atoms with E-state index in [9.17, 15) is 0 Å². The Labute approximate surface area is 119 Å². The van der Waals surface area contributed by atoms with Crippen molar-refractivity contribution in [2.24, 2.45) is 10.7 Å². The molecular formula is C16H19N3O. The van der Waals surface area contributed by atoms with Crippen molar-refractivity contribution in [2.45, 2.75) is 13.2 Å². The molecule has 0 fully saturated rings. The number of hydrogen-bond donors (Lipinski definition) is 2. The standard InChI is InChI=1S/C16H19N3O/c1-20-12-14-7-5-6-13(10-14)11-18-16(17)19-15-8-3-2-4-9-15/h2-10H,11-12H2,1H3,(H3,17,18,19). The summed E-state index contributed by atoms with van der Waals surface area (Å²) in [5.41, 5.74) is 9.04. The molecule has 0 amide bonds. The molecule has 4 nitrogen and oxygen atoms in total. The van der Waals surface area contributed by atoms with E-state index in [2.05, 4.69) is 16.4 Å². The molecule has 0 spiro atoms. The van der Waals surface area contributed by atoms with Gasteiger partial charge < -0.3 is 15.8 Å². The van der Waals surface area contributed by atoms with E-state index in [0.717, 1.165) is 16.8 Å². The van der Waals surface area contributed by atoms with Crippen molar-refractivity contribution >= 4 is 11.6 Å². The van der Waals surface area contributed by atoms with E-state index >= 15 is 0 Å². The first-order chi connectivity index (χ1) is 9.78. The van der Waals surface area contributed by atoms with Crippen LogP contribution in [-0.2, 0) is 17.9 Å². The van der Waals surface area contributed by atoms with Crippen molar-refractivity contribution in [3.8, 4) is 0 Å². The molecule has 0 atom stereocenters. The second-order valence-corrected chi connectivity index (χ2v) is 4.45. The fourth-order valence-electron chi connectivity index (χ4n) is 1.87. The first-order valence-electron chi connectivity index (χ1n) is 6.46. The molecule has 2 rings (SSSR count). The smallest absolute Gasteiger partial charge is 0.193 e. The molecule has 0 aliphatic heterocycles. The minimum Gasteiger partial charge on any atom is -0.380 e. The number of para-hydroxylation sites is 1. The minimum atomic E-state index is 0.411. The summed E-state index contributed by atoms with van der Waals surface area (Å²) in [4.78, 5) is 4.33. The van der Waals surface area contributed by atoms with Gasteiger partial charge in [0.25, 0.3) is 0 Å². The number of nitrogens with zero attached hydrogens (tertiary/aromatic N) is 1. The summed E-state index contributed by atoms with van der Waals surface area (Å²) < 4.78 is 5.11. The zero-order valence-corrected chi connectivity index (χ0v) is 11.5. The van der Waals surface area contributed by atoms with Gasteiger partial charge in [0.15, 0.2) is 5.96 Å². The van der Waals surface area contributed by atoms with Gasteiger partial charge in [0.2, 0.25) is 0 Å². The number of methoxy groups -OCH3 is 1. The van der Waals surface area contributed by atoms with Gasteiger partial charge in [0, 0.05) is 12.8 Å². The molecule has 2 aromatic carbocycles. The minimum absolute atomic E-state index is 0.411. The molecule has 0 unspecified atom stereocenters. The third-order valence-corrected chi connectivity index (χ3v) is 2.78. The van der Waals surface area contributed by atoms with Crippen LogP contribution >= 0.6 is 0 Å². The van der Waals surface area contributed by atoms with Gasteiger partial charge in [0.1, 0.15) is 0 Å². The van der Waals surface area contributed by atoms with E-state index in [1.807, 2.05) is 48.5 Å². The summed E-state index contributed by atoms with van der Waals surface area (Å²) in [6, 6.07) is 17.9. The van der Waals surface area contributed by atoms with Crippen molar-refractivity contribution in [1.82, 2.24) is 0 Å². The van der Waals surface area contributed by atoms with E-state index in [0.29, 0.717) is 19.1 Å². The first kappa shape index (κ1) is 14.1. The van der Waals surface area contributed by atoms with Crippen LogP contribution in [0.5, 0.6) is 0 Å². The predicted molar refractivity (Wildman–Crippen MR) is 82.5 cm³/mol. The molecule has 0 bridgehead atoms. The highest BCUT2D eigenvalue weighted by atomic mass is 16.5. The highest BCUT2D eigenvalue weighted by molar-refractivity contribution is 5.92. The van der Waals surface area contributed by atoms with E-state index < -0.39 is 0 Å². The quantitative estimate of drug-likeness (QED) is 0.648. The molecular weight excluding hydrogens is 250 g/mol. The molecule has 104 valence electrons. The van der Waals surface area contributed by atoms with E-state index in [-0.39, 0.29) is 0 Å². The number of hydrogen-bond acceptors (Lipinski definition) is 2. The molecule has 20 heavy (non-hydrogen) atoms. The van der Waals surface area contributed by atoms with E-state index in [4.69, 9.17) is 10.5 Å². The lowest BCUT2D eigenvalue weighted by atomic mass is 10.1. The second-order valence-electron chi connectivity index (χ2n) is 4.45. The van der Waals surface area contributed by atoms with Gasteiger partial charge in [-0.05, 0) is 23.3 Å². The Bertz CT molecular complexity index is 567. The Kier molecular flexibility index (Phi) is 5.15. The molecule has 2 aromatic rings. The number of rotatable bonds is 5. The normalized spacial score (nSPS) is 11.3. The Balaban J connectivity index is 1.96. The van der Waals surface area contributed by atoms with Gasteiger partial charge in [0.05, 0.1) is 13.2 Å². The SMILES string of the molecule is COCc1cccc(CN=C(N)Nc2ccccc2)c1. The molecule has 4 heteroatoms. The van der Waals surface area contributed by atoms with Gasteiger partial charge in [-0.1, -0.05) is 42.5 Å². The molecule has 0 aliphatic carbocycles. The lowest BCUT2D eigenvalue weighted by Gasteiger charge is -2.06. The molecule has 0 aromatic heterocycles. The number of ether oxygens (including phenoxy) is 1. The number of guanidine groups is 1. The number of nitrogens with two attached hydrogens (primary N) is 1. The van der Waals surface area contributed by atoms with Gasteiger partial charge in [-0.3, -0.25) is 0 Å². The molecule has 0 saturated heterocycles. The van der Waals surface area contributed by atoms with Gasteiger partial charge in [-0.25, -0.2) is 4.99 Å². The van der Waals surface area contributed by atoms with Crippen LogP contribution in [0.25, 0.3) is 0 Å². The predicted octanol–water partition coefficient (Wildman–Crippen LogP) is 2.76. The van der Waals surface area contributed by atoms with Crippen molar-refractivity contribution in [1.29, 1.82) is 0 Å². The Morgan fingerprint density at radius 3 is 2.60 bits per heavy atom. The van der Waals surface area contributed by atoms with Crippen LogP contribution in [0, 0.1) is 0 Å². The molecule has 0 radical (unpaired) electrons. The third kappa shape index (κ3) is 4.40. The van der Waals surface area contributed by atoms with Gasteiger partial charge in [-0.2, -0.15) is 0 Å². The topological polar surface area (TPSA) is 59.6 Å². The van der Waals surface area contributed by atoms with Crippen LogP contribution in [0.4, 0.5) is 5.69 Å². The zero-order chi connectivity index (χ0) is 14.2. The maximum atomic E-state index is 5.86. The van der Waals surface area contributed by atoms with Gasteiger partial charge >= 0.3 is 0 Å². The fourth-order valence-corrected chi connectivity index (χ4v) is 1.87. The summed E-state index contributed by atoms with van der Waals surface area (Å²) in [7, 11) is 1.69. The summed E-state index contributed by atoms with van der Waals surface area (Å²) in [6.45, 7) is 1.15. The van der Waals surface area contributed by atoms with Crippen LogP contribution in [0.1, 0.15) is 11.1 Å². The fraction of sp³-hybridized carbons (Fsp3) is 0.188. The third-order valence-electron chi connectivity index (χ3n) is 2.78. The van der Waals surface area contributed by atoms with Crippen LogP contribution in [0.15, 0.2) is 59.6 Å². The molecule has 0 saturated carbocycles. The zero-order valence-electron chi connectivity index (χ0n) is 11.5. The number of nitrogens with one attached hydrogen (secondary N) is 1. The van der Waals surface area contributed by atoms with Crippen molar-refractivity contribution in [3.63, 3.8) is 0 Å². The molecule has 0 heterocycles. The van der Waals surface area contributed by atoms with Crippen molar-refractivity contribution in [3.05, 3.63) is 65.7 Å². The Morgan fingerprint density at radius 1 is 1.10 bits per heavy atom. The lowest BCUT2D eigenvalue weighted by molar-refractivity contribution is 0.185. The summed E-state index contributed by atoms with van der Waals surface area (Å²) in [5.74, 6) is 0.411. The average Bonchev–Trinajstić information content (AvgIpc) is 2.47. The maximum Gasteiger partial charge on any atom is 0.193 e. The van der Waals surface area contributed by atoms with Crippen molar-refractivity contribution < 1.29 is 4.74 Å². The Hall–Kier alpha value is -2.33. The van der Waals surface area contributed by atoms with E-state index in [1.165, 1.54) is 0 Å². The van der Waals surface area contributed by atoms with Crippen LogP contribution in [0.3, 0.4) is 0 Å². The second kappa shape index (κ2) is 7.31. The maximum absolute atomic E-state index is 5.86.